The van der Waals surface area contributed by atoms with Crippen LogP contribution in [0.15, 0.2) is 30.3 Å². The number of benzene rings is 1. The first-order valence-corrected chi connectivity index (χ1v) is 9.93. The largest absolute Gasteiger partial charge is 0.462 e. The molecular weight excluding hydrogens is 348 g/mol. The van der Waals surface area contributed by atoms with Crippen molar-refractivity contribution in [1.82, 2.24) is 0 Å². The monoisotopic (exact) mass is 373 g/mol. The van der Waals surface area contributed by atoms with Crippen LogP contribution in [0.4, 0.5) is 5.00 Å². The van der Waals surface area contributed by atoms with E-state index < -0.39 is 0 Å². The maximum atomic E-state index is 12.5. The SMILES string of the molecule is CCOC(=O)c1c(NC(=O)Cc2ccccc2)sc2c1CC[NH+](CC)C2. The van der Waals surface area contributed by atoms with Crippen LogP contribution in [0.3, 0.4) is 0 Å². The molecule has 0 spiro atoms. The molecule has 0 saturated heterocycles. The lowest BCUT2D eigenvalue weighted by atomic mass is 10.0. The van der Waals surface area contributed by atoms with Gasteiger partial charge in [0.05, 0.1) is 36.6 Å². The lowest BCUT2D eigenvalue weighted by Gasteiger charge is -2.22. The fourth-order valence-electron chi connectivity index (χ4n) is 3.30. The van der Waals surface area contributed by atoms with Crippen LogP contribution < -0.4 is 10.2 Å². The predicted octanol–water partition coefficient (Wildman–Crippen LogP) is 2.07. The molecule has 2 N–H and O–H groups in total. The van der Waals surface area contributed by atoms with Gasteiger partial charge < -0.3 is 15.0 Å². The average Bonchev–Trinajstić information content (AvgIpc) is 2.99. The molecule has 1 amide bonds. The Kier molecular flexibility index (Phi) is 6.06. The van der Waals surface area contributed by atoms with E-state index in [-0.39, 0.29) is 18.3 Å². The zero-order chi connectivity index (χ0) is 18.5. The summed E-state index contributed by atoms with van der Waals surface area (Å²) >= 11 is 1.52. The third-order valence-corrected chi connectivity index (χ3v) is 5.82. The Morgan fingerprint density at radius 3 is 2.69 bits per heavy atom. The highest BCUT2D eigenvalue weighted by molar-refractivity contribution is 7.17. The summed E-state index contributed by atoms with van der Waals surface area (Å²) in [4.78, 5) is 27.7. The number of quaternary nitrogens is 1. The second-order valence-corrected chi connectivity index (χ2v) is 7.52. The maximum Gasteiger partial charge on any atom is 0.341 e. The van der Waals surface area contributed by atoms with Gasteiger partial charge in [-0.15, -0.1) is 11.3 Å². The van der Waals surface area contributed by atoms with Gasteiger partial charge in [-0.2, -0.15) is 0 Å². The molecule has 1 aromatic heterocycles. The number of amides is 1. The van der Waals surface area contributed by atoms with E-state index in [0.717, 1.165) is 37.2 Å². The number of thiophene rings is 1. The summed E-state index contributed by atoms with van der Waals surface area (Å²) in [6.45, 7) is 7.26. The number of esters is 1. The second-order valence-electron chi connectivity index (χ2n) is 6.42. The van der Waals surface area contributed by atoms with Gasteiger partial charge in [0, 0.05) is 6.42 Å². The second kappa shape index (κ2) is 8.47. The van der Waals surface area contributed by atoms with Crippen LogP contribution in [0.1, 0.15) is 40.2 Å². The minimum absolute atomic E-state index is 0.111. The van der Waals surface area contributed by atoms with Gasteiger partial charge in [0.25, 0.3) is 0 Å². The number of hydrogen-bond acceptors (Lipinski definition) is 4. The van der Waals surface area contributed by atoms with Gasteiger partial charge in [0.2, 0.25) is 5.91 Å². The summed E-state index contributed by atoms with van der Waals surface area (Å²) in [5.41, 5.74) is 2.56. The Labute approximate surface area is 158 Å². The quantitative estimate of drug-likeness (QED) is 0.762. The molecule has 26 heavy (non-hydrogen) atoms. The number of carbonyl (C=O) groups is 2. The highest BCUT2D eigenvalue weighted by atomic mass is 32.1. The smallest absolute Gasteiger partial charge is 0.341 e. The minimum Gasteiger partial charge on any atom is -0.462 e. The van der Waals surface area contributed by atoms with E-state index in [9.17, 15) is 9.59 Å². The van der Waals surface area contributed by atoms with Gasteiger partial charge in [-0.3, -0.25) is 4.79 Å². The van der Waals surface area contributed by atoms with Crippen molar-refractivity contribution in [2.24, 2.45) is 0 Å². The van der Waals surface area contributed by atoms with Gasteiger partial charge >= 0.3 is 5.97 Å². The molecule has 1 aliphatic rings. The molecule has 0 saturated carbocycles. The zero-order valence-electron chi connectivity index (χ0n) is 15.3. The summed E-state index contributed by atoms with van der Waals surface area (Å²) in [7, 11) is 0. The lowest BCUT2D eigenvalue weighted by molar-refractivity contribution is -0.913. The number of likely N-dealkylation sites (N-methyl/N-ethyl adjacent to an activating group) is 1. The Morgan fingerprint density at radius 2 is 2.00 bits per heavy atom. The van der Waals surface area contributed by atoms with Crippen molar-refractivity contribution in [1.29, 1.82) is 0 Å². The molecule has 6 heteroatoms. The highest BCUT2D eigenvalue weighted by Gasteiger charge is 2.30. The topological polar surface area (TPSA) is 59.8 Å². The molecule has 2 aromatic rings. The molecule has 0 aliphatic carbocycles. The molecule has 0 radical (unpaired) electrons. The number of hydrogen-bond donors (Lipinski definition) is 2. The number of fused-ring (bicyclic) bond motifs is 1. The van der Waals surface area contributed by atoms with Gasteiger partial charge in [-0.05, 0) is 25.0 Å². The van der Waals surface area contributed by atoms with E-state index >= 15 is 0 Å². The Balaban J connectivity index is 1.84. The summed E-state index contributed by atoms with van der Waals surface area (Å²) in [6.07, 6.45) is 1.13. The van der Waals surface area contributed by atoms with E-state index in [0.29, 0.717) is 17.2 Å². The average molecular weight is 373 g/mol. The minimum atomic E-state index is -0.333. The van der Waals surface area contributed by atoms with Crippen LogP contribution in [-0.2, 0) is 28.9 Å². The van der Waals surface area contributed by atoms with Crippen molar-refractivity contribution in [3.8, 4) is 0 Å². The molecule has 5 nitrogen and oxygen atoms in total. The molecule has 0 fully saturated rings. The van der Waals surface area contributed by atoms with Crippen molar-refractivity contribution in [2.45, 2.75) is 33.2 Å². The molecule has 1 unspecified atom stereocenters. The summed E-state index contributed by atoms with van der Waals surface area (Å²) in [5, 5.41) is 3.59. The maximum absolute atomic E-state index is 12.5. The molecule has 3 rings (SSSR count). The van der Waals surface area contributed by atoms with Crippen LogP contribution in [0, 0.1) is 0 Å². The first-order valence-electron chi connectivity index (χ1n) is 9.11. The van der Waals surface area contributed by atoms with Crippen molar-refractivity contribution >= 4 is 28.2 Å². The van der Waals surface area contributed by atoms with E-state index in [1.54, 1.807) is 6.92 Å². The van der Waals surface area contributed by atoms with E-state index in [4.69, 9.17) is 4.74 Å². The Hall–Kier alpha value is -2.18. The third-order valence-electron chi connectivity index (χ3n) is 4.67. The number of anilines is 1. The molecule has 0 bridgehead atoms. The van der Waals surface area contributed by atoms with Gasteiger partial charge in [0.1, 0.15) is 11.5 Å². The molecular formula is C20H25N2O3S+. The first-order chi connectivity index (χ1) is 12.6. The zero-order valence-corrected chi connectivity index (χ0v) is 16.1. The number of carbonyl (C=O) groups excluding carboxylic acids is 2. The van der Waals surface area contributed by atoms with Crippen LogP contribution in [-0.4, -0.2) is 31.6 Å². The predicted molar refractivity (Wildman–Crippen MR) is 103 cm³/mol. The van der Waals surface area contributed by atoms with Crippen molar-refractivity contribution in [3.63, 3.8) is 0 Å². The standard InChI is InChI=1S/C20H24N2O3S/c1-3-22-11-10-15-16(13-22)26-19(18(15)20(24)25-4-2)21-17(23)12-14-8-6-5-7-9-14/h5-9H,3-4,10-13H2,1-2H3,(H,21,23)/p+1. The number of nitrogens with one attached hydrogen (secondary N) is 2. The van der Waals surface area contributed by atoms with E-state index in [1.807, 2.05) is 30.3 Å². The Morgan fingerprint density at radius 1 is 1.23 bits per heavy atom. The summed E-state index contributed by atoms with van der Waals surface area (Å²) in [6, 6.07) is 9.61. The van der Waals surface area contributed by atoms with E-state index in [1.165, 1.54) is 21.1 Å². The lowest BCUT2D eigenvalue weighted by Crippen LogP contribution is -3.11. The normalized spacial score (nSPS) is 16.0. The van der Waals surface area contributed by atoms with Gasteiger partial charge in [-0.1, -0.05) is 30.3 Å². The summed E-state index contributed by atoms with van der Waals surface area (Å²) < 4.78 is 5.26. The van der Waals surface area contributed by atoms with Crippen molar-refractivity contribution < 1.29 is 19.2 Å². The molecule has 138 valence electrons. The molecule has 1 aromatic carbocycles. The van der Waals surface area contributed by atoms with E-state index in [2.05, 4.69) is 12.2 Å². The Bertz CT molecular complexity index is 786. The number of rotatable bonds is 6. The van der Waals surface area contributed by atoms with Gasteiger partial charge in [0.15, 0.2) is 0 Å². The first kappa shape index (κ1) is 18.6. The van der Waals surface area contributed by atoms with Crippen molar-refractivity contribution in [2.75, 3.05) is 25.0 Å². The summed E-state index contributed by atoms with van der Waals surface area (Å²) in [5.74, 6) is -0.444. The fraction of sp³-hybridized carbons (Fsp3) is 0.400. The van der Waals surface area contributed by atoms with Gasteiger partial charge in [-0.25, -0.2) is 4.79 Å². The molecule has 1 aliphatic heterocycles. The van der Waals surface area contributed by atoms with Crippen LogP contribution >= 0.6 is 11.3 Å². The van der Waals surface area contributed by atoms with Crippen LogP contribution in [0.5, 0.6) is 0 Å². The third kappa shape index (κ3) is 4.14. The van der Waals surface area contributed by atoms with Crippen LogP contribution in [0.25, 0.3) is 0 Å². The van der Waals surface area contributed by atoms with Crippen molar-refractivity contribution in [3.05, 3.63) is 51.9 Å². The fourth-order valence-corrected chi connectivity index (χ4v) is 4.62. The number of ether oxygens (including phenoxy) is 1. The highest BCUT2D eigenvalue weighted by Crippen LogP contribution is 2.35. The van der Waals surface area contributed by atoms with Crippen LogP contribution in [0.2, 0.25) is 0 Å². The molecule has 1 atom stereocenters. The molecule has 2 heterocycles.